The molecule has 0 saturated heterocycles. The van der Waals surface area contributed by atoms with Gasteiger partial charge in [0.05, 0.1) is 11.5 Å². The van der Waals surface area contributed by atoms with E-state index in [2.05, 4.69) is 16.7 Å². The van der Waals surface area contributed by atoms with Crippen molar-refractivity contribution >= 4 is 44.6 Å². The molecule has 4 rings (SSSR count). The summed E-state index contributed by atoms with van der Waals surface area (Å²) in [6, 6.07) is 15.8. The molecule has 4 nitrogen and oxygen atoms in total. The van der Waals surface area contributed by atoms with Crippen LogP contribution in [0, 0.1) is 5.41 Å². The number of carbonyl (C=O) groups excluding carboxylic acids is 1. The Balaban J connectivity index is 1.90. The van der Waals surface area contributed by atoms with Crippen molar-refractivity contribution in [3.05, 3.63) is 69.9 Å². The summed E-state index contributed by atoms with van der Waals surface area (Å²) in [5.74, 6) is 0.0477. The van der Waals surface area contributed by atoms with Crippen LogP contribution in [0.2, 0.25) is 0 Å². The summed E-state index contributed by atoms with van der Waals surface area (Å²) in [6.07, 6.45) is 0. The van der Waals surface area contributed by atoms with Crippen molar-refractivity contribution in [1.29, 1.82) is 5.41 Å². The van der Waals surface area contributed by atoms with Crippen LogP contribution >= 0.6 is 11.3 Å². The van der Waals surface area contributed by atoms with Crippen molar-refractivity contribution in [2.45, 2.75) is 20.4 Å². The largest absolute Gasteiger partial charge is 0.380 e. The predicted octanol–water partition coefficient (Wildman–Crippen LogP) is 5.51. The number of thiophene rings is 1. The molecule has 2 aromatic carbocycles. The normalized spacial score (nSPS) is 11.4. The fraction of sp³-hybridized carbons (Fsp3) is 0.217. The van der Waals surface area contributed by atoms with E-state index in [4.69, 9.17) is 10.1 Å². The highest BCUT2D eigenvalue weighted by Gasteiger charge is 2.16. The second kappa shape index (κ2) is 7.70. The van der Waals surface area contributed by atoms with E-state index in [9.17, 15) is 4.79 Å². The zero-order chi connectivity index (χ0) is 19.7. The number of benzene rings is 2. The third kappa shape index (κ3) is 3.28. The second-order valence-corrected chi connectivity index (χ2v) is 7.69. The van der Waals surface area contributed by atoms with Crippen LogP contribution in [-0.4, -0.2) is 29.3 Å². The van der Waals surface area contributed by atoms with Gasteiger partial charge in [-0.1, -0.05) is 12.1 Å². The van der Waals surface area contributed by atoms with Crippen LogP contribution in [-0.2, 0) is 11.3 Å². The van der Waals surface area contributed by atoms with Gasteiger partial charge in [-0.25, -0.2) is 0 Å². The minimum atomic E-state index is 0.0477. The zero-order valence-electron chi connectivity index (χ0n) is 16.0. The molecule has 2 heterocycles. The first-order valence-electron chi connectivity index (χ1n) is 9.37. The number of carbonyl (C=O) groups is 1. The fourth-order valence-corrected chi connectivity index (χ4v) is 4.26. The quantitative estimate of drug-likeness (QED) is 0.257. The van der Waals surface area contributed by atoms with Crippen molar-refractivity contribution < 1.29 is 9.53 Å². The van der Waals surface area contributed by atoms with Crippen molar-refractivity contribution in [3.63, 3.8) is 0 Å². The maximum Gasteiger partial charge on any atom is 0.202 e. The first kappa shape index (κ1) is 18.6. The van der Waals surface area contributed by atoms with Crippen LogP contribution < -0.4 is 0 Å². The molecule has 4 aromatic rings. The van der Waals surface area contributed by atoms with Crippen LogP contribution in [0.3, 0.4) is 0 Å². The Morgan fingerprint density at radius 1 is 1.07 bits per heavy atom. The minimum Gasteiger partial charge on any atom is -0.380 e. The van der Waals surface area contributed by atoms with Crippen LogP contribution in [0.25, 0.3) is 21.8 Å². The van der Waals surface area contributed by atoms with Crippen LogP contribution in [0.4, 0.5) is 0 Å². The molecule has 0 bridgehead atoms. The van der Waals surface area contributed by atoms with Crippen molar-refractivity contribution in [2.75, 3.05) is 13.2 Å². The van der Waals surface area contributed by atoms with Gasteiger partial charge in [0, 0.05) is 46.2 Å². The summed E-state index contributed by atoms with van der Waals surface area (Å²) in [4.78, 5) is 13.6. The number of hydrogen-bond acceptors (Lipinski definition) is 4. The molecule has 0 aliphatic heterocycles. The first-order chi connectivity index (χ1) is 13.6. The van der Waals surface area contributed by atoms with Gasteiger partial charge in [-0.3, -0.25) is 4.79 Å². The number of ether oxygens (including phenoxy) is 1. The Morgan fingerprint density at radius 2 is 1.75 bits per heavy atom. The average molecular weight is 391 g/mol. The van der Waals surface area contributed by atoms with E-state index in [1.807, 2.05) is 48.7 Å². The van der Waals surface area contributed by atoms with Gasteiger partial charge in [-0.2, -0.15) is 0 Å². The molecule has 0 radical (unpaired) electrons. The van der Waals surface area contributed by atoms with Gasteiger partial charge in [-0.15, -0.1) is 11.3 Å². The number of aromatic nitrogens is 1. The summed E-state index contributed by atoms with van der Waals surface area (Å²) in [7, 11) is 0. The molecule has 142 valence electrons. The molecule has 5 heteroatoms. The second-order valence-electron chi connectivity index (χ2n) is 6.74. The molecule has 0 aliphatic rings. The van der Waals surface area contributed by atoms with E-state index < -0.39 is 0 Å². The van der Waals surface area contributed by atoms with E-state index in [1.165, 1.54) is 11.3 Å². The Hall–Kier alpha value is -2.76. The summed E-state index contributed by atoms with van der Waals surface area (Å²) >= 11 is 1.46. The molecule has 0 atom stereocenters. The van der Waals surface area contributed by atoms with Crippen molar-refractivity contribution in [3.8, 4) is 0 Å². The van der Waals surface area contributed by atoms with E-state index in [-0.39, 0.29) is 5.78 Å². The lowest BCUT2D eigenvalue weighted by molar-refractivity contribution is 0.104. The smallest absolute Gasteiger partial charge is 0.202 e. The zero-order valence-corrected chi connectivity index (χ0v) is 16.8. The lowest BCUT2D eigenvalue weighted by Crippen LogP contribution is -2.06. The summed E-state index contributed by atoms with van der Waals surface area (Å²) in [6.45, 7) is 5.86. The van der Waals surface area contributed by atoms with Crippen molar-refractivity contribution in [1.82, 2.24) is 4.57 Å². The highest BCUT2D eigenvalue weighted by atomic mass is 32.1. The Kier molecular flexibility index (Phi) is 5.11. The summed E-state index contributed by atoms with van der Waals surface area (Å²) < 4.78 is 7.81. The topological polar surface area (TPSA) is 55.1 Å². The molecular formula is C23H22N2O2S. The number of nitrogens with one attached hydrogen (secondary N) is 1. The number of hydrogen-bond donors (Lipinski definition) is 1. The Bertz CT molecular complexity index is 1170. The Morgan fingerprint density at radius 3 is 2.36 bits per heavy atom. The molecular weight excluding hydrogens is 368 g/mol. The van der Waals surface area contributed by atoms with E-state index in [1.54, 1.807) is 6.92 Å². The maximum atomic E-state index is 12.8. The number of ketones is 1. The van der Waals surface area contributed by atoms with Crippen LogP contribution in [0.15, 0.2) is 53.9 Å². The number of rotatable bonds is 7. The molecule has 28 heavy (non-hydrogen) atoms. The molecule has 0 fully saturated rings. The molecule has 0 spiro atoms. The molecule has 0 aliphatic carbocycles. The Labute approximate surface area is 167 Å². The van der Waals surface area contributed by atoms with Gasteiger partial charge in [-0.05, 0) is 61.2 Å². The van der Waals surface area contributed by atoms with Gasteiger partial charge >= 0.3 is 0 Å². The fourth-order valence-electron chi connectivity index (χ4n) is 3.57. The van der Waals surface area contributed by atoms with Gasteiger partial charge in [0.2, 0.25) is 5.78 Å². The van der Waals surface area contributed by atoms with Crippen LogP contribution in [0.5, 0.6) is 0 Å². The third-order valence-electron chi connectivity index (χ3n) is 4.97. The van der Waals surface area contributed by atoms with E-state index in [0.29, 0.717) is 24.5 Å². The van der Waals surface area contributed by atoms with E-state index in [0.717, 1.165) is 38.8 Å². The molecule has 1 N–H and O–H groups in total. The van der Waals surface area contributed by atoms with Gasteiger partial charge < -0.3 is 14.7 Å². The predicted molar refractivity (Wildman–Crippen MR) is 116 cm³/mol. The standard InChI is InChI=1S/C23H22N2O2S/c1-3-27-11-10-25-20-8-6-16(15(2)24)13-18(20)19-14-17(7-9-21(19)25)23(26)22-5-4-12-28-22/h4-9,12-14,24H,3,10-11H2,1-2H3. The average Bonchev–Trinajstić information content (AvgIpc) is 3.34. The van der Waals surface area contributed by atoms with Gasteiger partial charge in [0.15, 0.2) is 0 Å². The van der Waals surface area contributed by atoms with Crippen molar-refractivity contribution in [2.24, 2.45) is 0 Å². The third-order valence-corrected chi connectivity index (χ3v) is 5.84. The molecule has 0 unspecified atom stereocenters. The van der Waals surface area contributed by atoms with Crippen LogP contribution in [0.1, 0.15) is 34.6 Å². The molecule has 0 amide bonds. The first-order valence-corrected chi connectivity index (χ1v) is 10.3. The lowest BCUT2D eigenvalue weighted by atomic mass is 10.0. The summed E-state index contributed by atoms with van der Waals surface area (Å²) in [5.41, 5.74) is 4.29. The highest BCUT2D eigenvalue weighted by Crippen LogP contribution is 2.31. The van der Waals surface area contributed by atoms with Gasteiger partial charge in [0.25, 0.3) is 0 Å². The van der Waals surface area contributed by atoms with Gasteiger partial charge in [0.1, 0.15) is 0 Å². The SMILES string of the molecule is CCOCCn1c2ccc(C(C)=N)cc2c2cc(C(=O)c3cccs3)ccc21. The molecule has 2 aromatic heterocycles. The monoisotopic (exact) mass is 390 g/mol. The lowest BCUT2D eigenvalue weighted by Gasteiger charge is -2.08. The number of fused-ring (bicyclic) bond motifs is 3. The maximum absolute atomic E-state index is 12.8. The minimum absolute atomic E-state index is 0.0477. The summed E-state index contributed by atoms with van der Waals surface area (Å²) in [5, 5.41) is 12.0. The number of nitrogens with zero attached hydrogens (tertiary/aromatic N) is 1. The highest BCUT2D eigenvalue weighted by molar-refractivity contribution is 7.12. The molecule has 0 saturated carbocycles. The van der Waals surface area contributed by atoms with E-state index >= 15 is 0 Å².